The molecular formula is C24H32N2O3. The first-order valence-corrected chi connectivity index (χ1v) is 11.4. The summed E-state index contributed by atoms with van der Waals surface area (Å²) in [5.41, 5.74) is 4.45. The molecule has 5 rings (SSSR count). The molecule has 0 unspecified atom stereocenters. The van der Waals surface area contributed by atoms with Crippen molar-refractivity contribution in [3.05, 3.63) is 29.3 Å². The quantitative estimate of drug-likeness (QED) is 0.819. The minimum atomic E-state index is 0.281. The largest absolute Gasteiger partial charge is 0.494 e. The van der Waals surface area contributed by atoms with E-state index in [-0.39, 0.29) is 6.04 Å². The average Bonchev–Trinajstić information content (AvgIpc) is 3.25. The summed E-state index contributed by atoms with van der Waals surface area (Å²) in [6.45, 7) is 3.52. The van der Waals surface area contributed by atoms with Crippen LogP contribution in [0.1, 0.15) is 62.1 Å². The molecule has 29 heavy (non-hydrogen) atoms. The molecule has 1 aromatic heterocycles. The van der Waals surface area contributed by atoms with Crippen molar-refractivity contribution in [3.63, 3.8) is 0 Å². The average molecular weight is 397 g/mol. The van der Waals surface area contributed by atoms with Crippen molar-refractivity contribution in [2.24, 2.45) is 10.9 Å². The second kappa shape index (κ2) is 8.49. The molecule has 0 amide bonds. The summed E-state index contributed by atoms with van der Waals surface area (Å²) >= 11 is 0. The van der Waals surface area contributed by atoms with Crippen LogP contribution in [0.15, 0.2) is 23.2 Å². The molecule has 5 heteroatoms. The second-order valence-electron chi connectivity index (χ2n) is 8.81. The number of hydrogen-bond donors (Lipinski definition) is 1. The number of benzene rings is 1. The van der Waals surface area contributed by atoms with E-state index in [0.717, 1.165) is 67.0 Å². The van der Waals surface area contributed by atoms with Gasteiger partial charge in [0.05, 0.1) is 36.6 Å². The standard InChI is InChI=1S/C24H32N2O3/c27-24-23(21-9-13-29-14-10-25-21)20-16-18(15-17-3-1-2-4-17)5-6-22(20)26(24)19-7-11-28-12-8-19/h5-6,16-17,19,27H,1-4,7-15H2. The molecule has 3 aliphatic rings. The number of fused-ring (bicyclic) bond motifs is 1. The van der Waals surface area contributed by atoms with Crippen molar-refractivity contribution in [2.45, 2.75) is 57.4 Å². The molecule has 1 saturated carbocycles. The molecule has 1 aromatic carbocycles. The van der Waals surface area contributed by atoms with Crippen molar-refractivity contribution < 1.29 is 14.6 Å². The lowest BCUT2D eigenvalue weighted by Crippen LogP contribution is -2.19. The summed E-state index contributed by atoms with van der Waals surface area (Å²) in [5.74, 6) is 1.19. The molecule has 0 radical (unpaired) electrons. The maximum Gasteiger partial charge on any atom is 0.201 e. The Labute approximate surface area is 172 Å². The van der Waals surface area contributed by atoms with E-state index in [0.29, 0.717) is 25.6 Å². The zero-order valence-electron chi connectivity index (χ0n) is 17.2. The van der Waals surface area contributed by atoms with E-state index in [1.165, 1.54) is 31.2 Å². The maximum atomic E-state index is 11.4. The Kier molecular flexibility index (Phi) is 5.60. The summed E-state index contributed by atoms with van der Waals surface area (Å²) in [6.07, 6.45) is 9.23. The van der Waals surface area contributed by atoms with Gasteiger partial charge in [-0.15, -0.1) is 0 Å². The minimum Gasteiger partial charge on any atom is -0.494 e. The fourth-order valence-electron chi connectivity index (χ4n) is 5.42. The van der Waals surface area contributed by atoms with Gasteiger partial charge in [0.2, 0.25) is 5.88 Å². The fraction of sp³-hybridized carbons (Fsp3) is 0.625. The van der Waals surface area contributed by atoms with Crippen LogP contribution in [0.5, 0.6) is 5.88 Å². The summed E-state index contributed by atoms with van der Waals surface area (Å²) in [6, 6.07) is 7.11. The van der Waals surface area contributed by atoms with Crippen molar-refractivity contribution in [1.82, 2.24) is 4.57 Å². The topological polar surface area (TPSA) is 56.0 Å². The van der Waals surface area contributed by atoms with Crippen LogP contribution < -0.4 is 0 Å². The van der Waals surface area contributed by atoms with Crippen LogP contribution in [0.2, 0.25) is 0 Å². The molecule has 1 N–H and O–H groups in total. The molecule has 0 bridgehead atoms. The molecule has 2 fully saturated rings. The predicted octanol–water partition coefficient (Wildman–Crippen LogP) is 4.64. The fourth-order valence-corrected chi connectivity index (χ4v) is 5.42. The molecule has 1 saturated heterocycles. The van der Waals surface area contributed by atoms with Crippen LogP contribution in [0.25, 0.3) is 10.9 Å². The van der Waals surface area contributed by atoms with Gasteiger partial charge in [-0.05, 0) is 42.9 Å². The highest BCUT2D eigenvalue weighted by Gasteiger charge is 2.27. The summed E-state index contributed by atoms with van der Waals surface area (Å²) in [5, 5.41) is 12.5. The number of aliphatic imine (C=N–C) groups is 1. The number of aromatic hydroxyl groups is 1. The number of nitrogens with zero attached hydrogens (tertiary/aromatic N) is 2. The smallest absolute Gasteiger partial charge is 0.201 e. The number of hydrogen-bond acceptors (Lipinski definition) is 4. The lowest BCUT2D eigenvalue weighted by atomic mass is 9.96. The van der Waals surface area contributed by atoms with Gasteiger partial charge in [0, 0.05) is 31.1 Å². The van der Waals surface area contributed by atoms with E-state index in [4.69, 9.17) is 14.5 Å². The van der Waals surface area contributed by atoms with Crippen LogP contribution in [0, 0.1) is 5.92 Å². The highest BCUT2D eigenvalue weighted by molar-refractivity contribution is 6.13. The molecule has 3 heterocycles. The first-order valence-electron chi connectivity index (χ1n) is 11.4. The highest BCUT2D eigenvalue weighted by Crippen LogP contribution is 2.39. The summed E-state index contributed by atoms with van der Waals surface area (Å²) in [7, 11) is 0. The normalized spacial score (nSPS) is 22.1. The van der Waals surface area contributed by atoms with Crippen molar-refractivity contribution in [3.8, 4) is 5.88 Å². The third-order valence-electron chi connectivity index (χ3n) is 6.91. The highest BCUT2D eigenvalue weighted by atomic mass is 16.5. The van der Waals surface area contributed by atoms with E-state index in [1.807, 2.05) is 0 Å². The first kappa shape index (κ1) is 19.1. The Hall–Kier alpha value is -1.85. The van der Waals surface area contributed by atoms with Gasteiger partial charge in [0.15, 0.2) is 0 Å². The summed E-state index contributed by atoms with van der Waals surface area (Å²) < 4.78 is 13.3. The maximum absolute atomic E-state index is 11.4. The third-order valence-corrected chi connectivity index (χ3v) is 6.91. The first-order chi connectivity index (χ1) is 14.3. The lowest BCUT2D eigenvalue weighted by Gasteiger charge is -2.25. The van der Waals surface area contributed by atoms with Gasteiger partial charge in [-0.25, -0.2) is 0 Å². The van der Waals surface area contributed by atoms with Gasteiger partial charge in [0.1, 0.15) is 0 Å². The minimum absolute atomic E-state index is 0.281. The molecule has 0 atom stereocenters. The number of ether oxygens (including phenoxy) is 2. The third kappa shape index (κ3) is 3.82. The Morgan fingerprint density at radius 2 is 1.79 bits per heavy atom. The van der Waals surface area contributed by atoms with E-state index < -0.39 is 0 Å². The Bertz CT molecular complexity index is 889. The van der Waals surface area contributed by atoms with E-state index >= 15 is 0 Å². The van der Waals surface area contributed by atoms with Crippen LogP contribution in [0.3, 0.4) is 0 Å². The number of aromatic nitrogens is 1. The van der Waals surface area contributed by atoms with E-state index in [2.05, 4.69) is 22.8 Å². The lowest BCUT2D eigenvalue weighted by molar-refractivity contribution is 0.0688. The predicted molar refractivity (Wildman–Crippen MR) is 115 cm³/mol. The van der Waals surface area contributed by atoms with Gasteiger partial charge in [0.25, 0.3) is 0 Å². The van der Waals surface area contributed by atoms with Gasteiger partial charge in [-0.3, -0.25) is 4.99 Å². The molecule has 5 nitrogen and oxygen atoms in total. The number of rotatable bonds is 4. The van der Waals surface area contributed by atoms with Crippen molar-refractivity contribution >= 4 is 16.6 Å². The Balaban J connectivity index is 1.60. The molecule has 2 aromatic rings. The SMILES string of the molecule is Oc1c(C2=NCCOCC2)c2cc(CC3CCCC3)ccc2n1C1CCOCC1. The van der Waals surface area contributed by atoms with Crippen LogP contribution in [0.4, 0.5) is 0 Å². The zero-order chi connectivity index (χ0) is 19.6. The second-order valence-corrected chi connectivity index (χ2v) is 8.81. The molecule has 0 spiro atoms. The molecule has 1 aliphatic carbocycles. The van der Waals surface area contributed by atoms with E-state index in [9.17, 15) is 5.11 Å². The Morgan fingerprint density at radius 3 is 2.62 bits per heavy atom. The molecular weight excluding hydrogens is 364 g/mol. The zero-order valence-corrected chi connectivity index (χ0v) is 17.2. The van der Waals surface area contributed by atoms with Gasteiger partial charge in [-0.2, -0.15) is 0 Å². The van der Waals surface area contributed by atoms with Crippen LogP contribution in [-0.4, -0.2) is 48.4 Å². The van der Waals surface area contributed by atoms with Gasteiger partial charge < -0.3 is 19.1 Å². The molecule has 156 valence electrons. The van der Waals surface area contributed by atoms with Gasteiger partial charge >= 0.3 is 0 Å². The van der Waals surface area contributed by atoms with Gasteiger partial charge in [-0.1, -0.05) is 31.7 Å². The van der Waals surface area contributed by atoms with Crippen molar-refractivity contribution in [2.75, 3.05) is 33.0 Å². The van der Waals surface area contributed by atoms with Crippen LogP contribution >= 0.6 is 0 Å². The monoisotopic (exact) mass is 396 g/mol. The Morgan fingerprint density at radius 1 is 1.00 bits per heavy atom. The summed E-state index contributed by atoms with van der Waals surface area (Å²) in [4.78, 5) is 4.79. The molecule has 2 aliphatic heterocycles. The van der Waals surface area contributed by atoms with E-state index in [1.54, 1.807) is 0 Å². The van der Waals surface area contributed by atoms with Crippen LogP contribution in [-0.2, 0) is 15.9 Å². The van der Waals surface area contributed by atoms with Crippen molar-refractivity contribution in [1.29, 1.82) is 0 Å².